The van der Waals surface area contributed by atoms with Crippen molar-refractivity contribution in [3.8, 4) is 0 Å². The van der Waals surface area contributed by atoms with Gasteiger partial charge in [-0.1, -0.05) is 13.3 Å². The van der Waals surface area contributed by atoms with E-state index in [0.29, 0.717) is 18.6 Å². The van der Waals surface area contributed by atoms with E-state index < -0.39 is 0 Å². The number of nitrogens with one attached hydrogen (secondary N) is 1. The summed E-state index contributed by atoms with van der Waals surface area (Å²) in [7, 11) is 0. The van der Waals surface area contributed by atoms with Crippen LogP contribution in [0.25, 0.3) is 0 Å². The SMILES string of the molecule is CC1CCC(NC(=O)CN2CCCCC2C(C)N)CC1. The predicted octanol–water partition coefficient (Wildman–Crippen LogP) is 1.88. The van der Waals surface area contributed by atoms with Gasteiger partial charge in [0.1, 0.15) is 0 Å². The first-order valence-electron chi connectivity index (χ1n) is 8.35. The number of nitrogens with two attached hydrogens (primary N) is 1. The minimum atomic E-state index is 0.152. The molecule has 116 valence electrons. The first-order chi connectivity index (χ1) is 9.56. The summed E-state index contributed by atoms with van der Waals surface area (Å²) in [6.07, 6.45) is 8.34. The molecule has 4 heteroatoms. The van der Waals surface area contributed by atoms with E-state index in [4.69, 9.17) is 5.73 Å². The van der Waals surface area contributed by atoms with E-state index in [1.165, 1.54) is 25.7 Å². The molecule has 2 fully saturated rings. The van der Waals surface area contributed by atoms with Crippen LogP contribution in [0.2, 0.25) is 0 Å². The van der Waals surface area contributed by atoms with Crippen molar-refractivity contribution in [3.63, 3.8) is 0 Å². The molecule has 0 radical (unpaired) electrons. The molecule has 20 heavy (non-hydrogen) atoms. The summed E-state index contributed by atoms with van der Waals surface area (Å²) < 4.78 is 0. The number of amides is 1. The van der Waals surface area contributed by atoms with Gasteiger partial charge in [0.15, 0.2) is 0 Å². The molecule has 2 rings (SSSR count). The first-order valence-corrected chi connectivity index (χ1v) is 8.35. The van der Waals surface area contributed by atoms with Crippen molar-refractivity contribution in [2.45, 2.75) is 76.9 Å². The van der Waals surface area contributed by atoms with Gasteiger partial charge in [-0.25, -0.2) is 0 Å². The van der Waals surface area contributed by atoms with Gasteiger partial charge in [0.05, 0.1) is 6.54 Å². The van der Waals surface area contributed by atoms with E-state index in [1.807, 2.05) is 0 Å². The van der Waals surface area contributed by atoms with Crippen molar-refractivity contribution in [2.24, 2.45) is 11.7 Å². The number of piperidine rings is 1. The van der Waals surface area contributed by atoms with E-state index in [-0.39, 0.29) is 11.9 Å². The lowest BCUT2D eigenvalue weighted by molar-refractivity contribution is -0.124. The standard InChI is InChI=1S/C16H31N3O/c1-12-6-8-14(9-7-12)18-16(20)11-19-10-4-3-5-15(19)13(2)17/h12-15H,3-11,17H2,1-2H3,(H,18,20). The van der Waals surface area contributed by atoms with Crippen molar-refractivity contribution >= 4 is 5.91 Å². The summed E-state index contributed by atoms with van der Waals surface area (Å²) in [6.45, 7) is 5.90. The Balaban J connectivity index is 1.78. The van der Waals surface area contributed by atoms with E-state index in [2.05, 4.69) is 24.1 Å². The Morgan fingerprint density at radius 2 is 1.95 bits per heavy atom. The molecule has 0 bridgehead atoms. The van der Waals surface area contributed by atoms with Crippen LogP contribution in [0.4, 0.5) is 0 Å². The third kappa shape index (κ3) is 4.45. The highest BCUT2D eigenvalue weighted by atomic mass is 16.2. The fraction of sp³-hybridized carbons (Fsp3) is 0.938. The highest BCUT2D eigenvalue weighted by Gasteiger charge is 2.27. The Morgan fingerprint density at radius 1 is 1.25 bits per heavy atom. The molecule has 0 aromatic carbocycles. The largest absolute Gasteiger partial charge is 0.352 e. The lowest BCUT2D eigenvalue weighted by atomic mass is 9.87. The molecule has 1 saturated heterocycles. The molecule has 1 heterocycles. The fourth-order valence-electron chi connectivity index (χ4n) is 3.67. The average Bonchev–Trinajstić information content (AvgIpc) is 2.41. The Bertz CT molecular complexity index is 311. The molecular formula is C16H31N3O. The maximum Gasteiger partial charge on any atom is 0.234 e. The van der Waals surface area contributed by atoms with Gasteiger partial charge in [0.25, 0.3) is 0 Å². The van der Waals surface area contributed by atoms with E-state index >= 15 is 0 Å². The third-order valence-electron chi connectivity index (χ3n) is 5.00. The molecule has 0 spiro atoms. The van der Waals surface area contributed by atoms with Gasteiger partial charge < -0.3 is 11.1 Å². The summed E-state index contributed by atoms with van der Waals surface area (Å²) in [5, 5.41) is 3.22. The minimum absolute atomic E-state index is 0.152. The van der Waals surface area contributed by atoms with Crippen molar-refractivity contribution < 1.29 is 4.79 Å². The van der Waals surface area contributed by atoms with Gasteiger partial charge in [-0.15, -0.1) is 0 Å². The molecule has 0 aromatic heterocycles. The summed E-state index contributed by atoms with van der Waals surface area (Å²) in [5.74, 6) is 1.02. The lowest BCUT2D eigenvalue weighted by Crippen LogP contribution is -2.53. The van der Waals surface area contributed by atoms with Crippen LogP contribution in [0.1, 0.15) is 58.8 Å². The van der Waals surface area contributed by atoms with E-state index in [0.717, 1.165) is 31.7 Å². The molecule has 4 nitrogen and oxygen atoms in total. The summed E-state index contributed by atoms with van der Waals surface area (Å²) in [6, 6.07) is 0.928. The van der Waals surface area contributed by atoms with Crippen molar-refractivity contribution in [3.05, 3.63) is 0 Å². The molecule has 2 unspecified atom stereocenters. The first kappa shape index (κ1) is 15.8. The second kappa shape index (κ2) is 7.41. The van der Waals surface area contributed by atoms with E-state index in [1.54, 1.807) is 0 Å². The molecule has 3 N–H and O–H groups in total. The van der Waals surface area contributed by atoms with Crippen LogP contribution >= 0.6 is 0 Å². The van der Waals surface area contributed by atoms with Crippen molar-refractivity contribution in [1.82, 2.24) is 10.2 Å². The van der Waals surface area contributed by atoms with Crippen LogP contribution in [-0.2, 0) is 4.79 Å². The Hall–Kier alpha value is -0.610. The second-order valence-corrected chi connectivity index (χ2v) is 6.92. The predicted molar refractivity (Wildman–Crippen MR) is 82.4 cm³/mol. The normalized spacial score (nSPS) is 33.6. The molecule has 2 atom stereocenters. The van der Waals surface area contributed by atoms with Gasteiger partial charge in [-0.2, -0.15) is 0 Å². The highest BCUT2D eigenvalue weighted by molar-refractivity contribution is 5.78. The topological polar surface area (TPSA) is 58.4 Å². The third-order valence-corrected chi connectivity index (χ3v) is 5.00. The van der Waals surface area contributed by atoms with Crippen LogP contribution in [0.3, 0.4) is 0 Å². The fourth-order valence-corrected chi connectivity index (χ4v) is 3.67. The molecule has 1 aliphatic heterocycles. The number of rotatable bonds is 4. The summed E-state index contributed by atoms with van der Waals surface area (Å²) in [4.78, 5) is 14.5. The number of hydrogen-bond acceptors (Lipinski definition) is 3. The van der Waals surface area contributed by atoms with Crippen LogP contribution < -0.4 is 11.1 Å². The monoisotopic (exact) mass is 281 g/mol. The Kier molecular flexibility index (Phi) is 5.85. The van der Waals surface area contributed by atoms with E-state index in [9.17, 15) is 4.79 Å². The van der Waals surface area contributed by atoms with Gasteiger partial charge in [0, 0.05) is 18.1 Å². The van der Waals surface area contributed by atoms with Crippen LogP contribution in [-0.4, -0.2) is 42.0 Å². The number of carbonyl (C=O) groups excluding carboxylic acids is 1. The maximum absolute atomic E-state index is 12.2. The van der Waals surface area contributed by atoms with Crippen LogP contribution in [0, 0.1) is 5.92 Å². The average molecular weight is 281 g/mol. The molecule has 0 aromatic rings. The zero-order chi connectivity index (χ0) is 14.5. The molecule has 1 amide bonds. The van der Waals surface area contributed by atoms with Gasteiger partial charge >= 0.3 is 0 Å². The number of nitrogens with zero attached hydrogens (tertiary/aromatic N) is 1. The zero-order valence-corrected chi connectivity index (χ0v) is 13.1. The maximum atomic E-state index is 12.2. The van der Waals surface area contributed by atoms with Crippen molar-refractivity contribution in [2.75, 3.05) is 13.1 Å². The second-order valence-electron chi connectivity index (χ2n) is 6.92. The smallest absolute Gasteiger partial charge is 0.234 e. The Morgan fingerprint density at radius 3 is 2.60 bits per heavy atom. The summed E-state index contributed by atoms with van der Waals surface area (Å²) >= 11 is 0. The van der Waals surface area contributed by atoms with Gasteiger partial charge in [-0.05, 0) is 57.9 Å². The molecule has 2 aliphatic rings. The molecular weight excluding hydrogens is 250 g/mol. The van der Waals surface area contributed by atoms with Gasteiger partial charge in [0.2, 0.25) is 5.91 Å². The Labute approximate surface area is 123 Å². The summed E-state index contributed by atoms with van der Waals surface area (Å²) in [5.41, 5.74) is 6.06. The number of carbonyl (C=O) groups is 1. The van der Waals surface area contributed by atoms with Crippen LogP contribution in [0.5, 0.6) is 0 Å². The van der Waals surface area contributed by atoms with Gasteiger partial charge in [-0.3, -0.25) is 9.69 Å². The van der Waals surface area contributed by atoms with Crippen molar-refractivity contribution in [1.29, 1.82) is 0 Å². The molecule has 1 aliphatic carbocycles. The van der Waals surface area contributed by atoms with Crippen LogP contribution in [0.15, 0.2) is 0 Å². The zero-order valence-electron chi connectivity index (χ0n) is 13.1. The molecule has 1 saturated carbocycles. The minimum Gasteiger partial charge on any atom is -0.352 e. The number of hydrogen-bond donors (Lipinski definition) is 2. The number of likely N-dealkylation sites (tertiary alicyclic amines) is 1. The lowest BCUT2D eigenvalue weighted by Gasteiger charge is -2.38. The highest BCUT2D eigenvalue weighted by Crippen LogP contribution is 2.23. The quantitative estimate of drug-likeness (QED) is 0.827.